The fraction of sp³-hybridized carbons (Fsp3) is 0.106. The van der Waals surface area contributed by atoms with Gasteiger partial charge < -0.3 is 9.88 Å². The van der Waals surface area contributed by atoms with Gasteiger partial charge >= 0.3 is 0 Å². The Balaban J connectivity index is 1.22. The molecule has 0 bridgehead atoms. The van der Waals surface area contributed by atoms with E-state index in [9.17, 15) is 0 Å². The van der Waals surface area contributed by atoms with Crippen molar-refractivity contribution in [3.63, 3.8) is 0 Å². The number of hydrogen-bond acceptors (Lipinski definition) is 3. The van der Waals surface area contributed by atoms with Crippen LogP contribution in [0.4, 0.5) is 0 Å². The average Bonchev–Trinajstić information content (AvgIpc) is 3.54. The van der Waals surface area contributed by atoms with E-state index in [-0.39, 0.29) is 5.92 Å². The van der Waals surface area contributed by atoms with Crippen molar-refractivity contribution in [2.24, 2.45) is 0 Å². The summed E-state index contributed by atoms with van der Waals surface area (Å²) in [4.78, 5) is 5.19. The van der Waals surface area contributed by atoms with Crippen molar-refractivity contribution in [3.05, 3.63) is 185 Å². The van der Waals surface area contributed by atoms with Crippen LogP contribution in [0.3, 0.4) is 0 Å². The highest BCUT2D eigenvalue weighted by atomic mass is 32.2. The van der Waals surface area contributed by atoms with Gasteiger partial charge in [-0.15, -0.1) is 0 Å². The van der Waals surface area contributed by atoms with Gasteiger partial charge in [0.2, 0.25) is 0 Å². The molecule has 0 fully saturated rings. The number of benzene rings is 5. The Hall–Kier alpha value is -5.16. The molecule has 0 radical (unpaired) electrons. The number of fused-ring (bicyclic) bond motifs is 8. The zero-order chi connectivity index (χ0) is 33.7. The molecular formula is C47H36N2S2. The number of nitrogens with zero attached hydrogens (tertiary/aromatic N) is 1. The van der Waals surface area contributed by atoms with Crippen LogP contribution in [0.25, 0.3) is 45.1 Å². The summed E-state index contributed by atoms with van der Waals surface area (Å²) < 4.78 is 2.52. The number of dihydropyridines is 1. The van der Waals surface area contributed by atoms with Crippen LogP contribution < -0.4 is 5.32 Å². The lowest BCUT2D eigenvalue weighted by Gasteiger charge is -2.30. The van der Waals surface area contributed by atoms with Crippen LogP contribution in [-0.2, 0) is 6.42 Å². The van der Waals surface area contributed by atoms with E-state index in [1.165, 1.54) is 86.5 Å². The molecule has 10 rings (SSSR count). The Morgan fingerprint density at radius 2 is 1.47 bits per heavy atom. The molecule has 2 aliphatic heterocycles. The van der Waals surface area contributed by atoms with Gasteiger partial charge in [-0.1, -0.05) is 139 Å². The largest absolute Gasteiger partial charge is 0.381 e. The smallest absolute Gasteiger partial charge is 0.0540 e. The van der Waals surface area contributed by atoms with Gasteiger partial charge in [-0.3, -0.25) is 0 Å². The standard InChI is InChI=1S/C47H36N2S2/c1-2-14-32(15-3-1)49-40-22-7-4-17-37(40)46-35(19-12-23-41(46)49)36-20-13-26-44-47(36)38-18-6-9-25-43(38)50-42-24-8-5-16-33(42)34-28-27-31(30-45(34)51-44)39-21-10-11-29-48-39/h1-6,8-19,21,23-28,30,36,48H,7,20,22,29H2. The Kier molecular flexibility index (Phi) is 7.73. The van der Waals surface area contributed by atoms with Crippen LogP contribution in [0.1, 0.15) is 46.7 Å². The normalized spacial score (nSPS) is 17.5. The van der Waals surface area contributed by atoms with Crippen molar-refractivity contribution in [1.29, 1.82) is 0 Å². The first-order valence-electron chi connectivity index (χ1n) is 17.9. The molecule has 2 aliphatic carbocycles. The molecule has 246 valence electrons. The quantitative estimate of drug-likeness (QED) is 0.199. The molecule has 1 N–H and O–H groups in total. The van der Waals surface area contributed by atoms with Crippen molar-refractivity contribution >= 4 is 51.8 Å². The average molecular weight is 693 g/mol. The minimum atomic E-state index is 0.197. The van der Waals surface area contributed by atoms with Gasteiger partial charge in [-0.25, -0.2) is 0 Å². The molecule has 1 aromatic heterocycles. The summed E-state index contributed by atoms with van der Waals surface area (Å²) in [5.74, 6) is 0.197. The van der Waals surface area contributed by atoms with Gasteiger partial charge in [0.05, 0.1) is 5.52 Å². The van der Waals surface area contributed by atoms with Gasteiger partial charge in [-0.2, -0.15) is 0 Å². The fourth-order valence-electron chi connectivity index (χ4n) is 8.29. The Bertz CT molecular complexity index is 2510. The lowest BCUT2D eigenvalue weighted by atomic mass is 9.79. The highest BCUT2D eigenvalue weighted by Crippen LogP contribution is 2.54. The van der Waals surface area contributed by atoms with Crippen LogP contribution in [0, 0.1) is 0 Å². The first-order chi connectivity index (χ1) is 25.3. The highest BCUT2D eigenvalue weighted by molar-refractivity contribution is 8.03. The number of hydrogen-bond donors (Lipinski definition) is 1. The molecule has 0 saturated carbocycles. The summed E-state index contributed by atoms with van der Waals surface area (Å²) >= 11 is 3.83. The van der Waals surface area contributed by atoms with E-state index in [4.69, 9.17) is 0 Å². The van der Waals surface area contributed by atoms with Gasteiger partial charge in [-0.05, 0) is 95.1 Å². The van der Waals surface area contributed by atoms with Gasteiger partial charge in [0.15, 0.2) is 0 Å². The number of aromatic nitrogens is 1. The second-order valence-corrected chi connectivity index (χ2v) is 15.6. The van der Waals surface area contributed by atoms with Crippen molar-refractivity contribution in [1.82, 2.24) is 9.88 Å². The van der Waals surface area contributed by atoms with Crippen molar-refractivity contribution < 1.29 is 0 Å². The second-order valence-electron chi connectivity index (χ2n) is 13.5. The molecule has 6 aromatic rings. The Morgan fingerprint density at radius 3 is 2.33 bits per heavy atom. The van der Waals surface area contributed by atoms with Crippen LogP contribution in [0.5, 0.6) is 0 Å². The van der Waals surface area contributed by atoms with Crippen molar-refractivity contribution in [2.75, 3.05) is 6.54 Å². The van der Waals surface area contributed by atoms with E-state index in [0.717, 1.165) is 25.8 Å². The summed E-state index contributed by atoms with van der Waals surface area (Å²) in [6, 6.07) is 43.0. The highest BCUT2D eigenvalue weighted by Gasteiger charge is 2.31. The second kappa shape index (κ2) is 12.9. The molecule has 4 heteroatoms. The zero-order valence-corrected chi connectivity index (χ0v) is 29.8. The predicted molar refractivity (Wildman–Crippen MR) is 217 cm³/mol. The Labute approximate surface area is 308 Å². The van der Waals surface area contributed by atoms with Crippen molar-refractivity contribution in [3.8, 4) is 16.8 Å². The van der Waals surface area contributed by atoms with Crippen LogP contribution in [-0.4, -0.2) is 11.1 Å². The molecule has 2 nitrogen and oxygen atoms in total. The molecule has 0 spiro atoms. The van der Waals surface area contributed by atoms with E-state index >= 15 is 0 Å². The van der Waals surface area contributed by atoms with Crippen LogP contribution >= 0.6 is 23.5 Å². The van der Waals surface area contributed by atoms with Gasteiger partial charge in [0, 0.05) is 60.1 Å². The van der Waals surface area contributed by atoms with Crippen molar-refractivity contribution in [2.45, 2.75) is 39.9 Å². The fourth-order valence-corrected chi connectivity index (χ4v) is 10.6. The SMILES string of the molecule is C1=CCNC(c2ccc3c(c2)SC2=C(c4ccccc4Sc4ccccc4-3)C(c3cccc4c3c3c(n4-c4ccccc4)CCC=C3)CC=C2)=C1. The molecule has 0 saturated heterocycles. The number of para-hydroxylation sites is 1. The van der Waals surface area contributed by atoms with E-state index in [2.05, 4.69) is 168 Å². The topological polar surface area (TPSA) is 17.0 Å². The maximum absolute atomic E-state index is 3.59. The van der Waals surface area contributed by atoms with Crippen LogP contribution in [0.2, 0.25) is 0 Å². The third kappa shape index (κ3) is 5.28. The third-order valence-corrected chi connectivity index (χ3v) is 12.8. The van der Waals surface area contributed by atoms with E-state index < -0.39 is 0 Å². The van der Waals surface area contributed by atoms with Crippen LogP contribution in [0.15, 0.2) is 171 Å². The molecule has 0 amide bonds. The van der Waals surface area contributed by atoms with Gasteiger partial charge in [0.25, 0.3) is 0 Å². The van der Waals surface area contributed by atoms with E-state index in [1.807, 2.05) is 23.5 Å². The lowest BCUT2D eigenvalue weighted by Crippen LogP contribution is -2.14. The zero-order valence-electron chi connectivity index (χ0n) is 28.2. The molecule has 5 aromatic carbocycles. The monoisotopic (exact) mass is 692 g/mol. The Morgan fingerprint density at radius 1 is 0.667 bits per heavy atom. The lowest BCUT2D eigenvalue weighted by molar-refractivity contribution is 0.876. The summed E-state index contributed by atoms with van der Waals surface area (Å²) in [5, 5.41) is 4.98. The first-order valence-corrected chi connectivity index (χ1v) is 19.5. The molecular weight excluding hydrogens is 657 g/mol. The summed E-state index contributed by atoms with van der Waals surface area (Å²) in [5.41, 5.74) is 14.5. The minimum absolute atomic E-state index is 0.197. The minimum Gasteiger partial charge on any atom is -0.381 e. The molecule has 1 unspecified atom stereocenters. The summed E-state index contributed by atoms with van der Waals surface area (Å²) in [6.45, 7) is 0.850. The number of allylic oxidation sites excluding steroid dienone is 6. The molecule has 3 heterocycles. The number of rotatable bonds is 3. The van der Waals surface area contributed by atoms with E-state index in [1.54, 1.807) is 0 Å². The number of nitrogens with one attached hydrogen (secondary N) is 1. The maximum atomic E-state index is 3.59. The summed E-state index contributed by atoms with van der Waals surface area (Å²) in [7, 11) is 0. The summed E-state index contributed by atoms with van der Waals surface area (Å²) in [6.07, 6.45) is 19.1. The predicted octanol–water partition coefficient (Wildman–Crippen LogP) is 12.5. The maximum Gasteiger partial charge on any atom is 0.0540 e. The number of thioether (sulfide) groups is 1. The third-order valence-electron chi connectivity index (χ3n) is 10.5. The molecule has 1 atom stereocenters. The van der Waals surface area contributed by atoms with E-state index in [0.29, 0.717) is 0 Å². The molecule has 4 aliphatic rings. The van der Waals surface area contributed by atoms with Gasteiger partial charge in [0.1, 0.15) is 0 Å². The first kappa shape index (κ1) is 30.6. The molecule has 51 heavy (non-hydrogen) atoms.